The summed E-state index contributed by atoms with van der Waals surface area (Å²) in [5, 5.41) is 10.1. The van der Waals surface area contributed by atoms with E-state index in [0.29, 0.717) is 5.56 Å². The molecule has 4 nitrogen and oxygen atoms in total. The van der Waals surface area contributed by atoms with Crippen LogP contribution in [0.1, 0.15) is 5.56 Å². The van der Waals surface area contributed by atoms with Crippen molar-refractivity contribution in [2.45, 2.75) is 6.92 Å². The van der Waals surface area contributed by atoms with Crippen molar-refractivity contribution in [2.24, 2.45) is 0 Å². The third kappa shape index (κ3) is 1.76. The summed E-state index contributed by atoms with van der Waals surface area (Å²) in [6, 6.07) is 4.86. The number of thiazole rings is 1. The zero-order valence-corrected chi connectivity index (χ0v) is 9.81. The number of nitrogens with one attached hydrogen (secondary N) is 2. The Bertz CT molecular complexity index is 673. The quantitative estimate of drug-likeness (QED) is 0.732. The van der Waals surface area contributed by atoms with E-state index in [-0.39, 0.29) is 5.82 Å². The van der Waals surface area contributed by atoms with Crippen molar-refractivity contribution in [1.29, 1.82) is 0 Å². The van der Waals surface area contributed by atoms with Crippen LogP contribution in [0.25, 0.3) is 10.3 Å². The number of anilines is 2. The molecule has 2 aromatic heterocycles. The topological polar surface area (TPSA) is 53.6 Å². The maximum atomic E-state index is 13.1. The monoisotopic (exact) mass is 248 g/mol. The van der Waals surface area contributed by atoms with Gasteiger partial charge >= 0.3 is 0 Å². The van der Waals surface area contributed by atoms with Crippen molar-refractivity contribution < 1.29 is 4.39 Å². The van der Waals surface area contributed by atoms with Gasteiger partial charge in [-0.05, 0) is 30.7 Å². The number of halogens is 1. The molecule has 2 N–H and O–H groups in total. The lowest BCUT2D eigenvalue weighted by molar-refractivity contribution is 0.619. The van der Waals surface area contributed by atoms with E-state index < -0.39 is 0 Å². The average molecular weight is 248 g/mol. The van der Waals surface area contributed by atoms with Crippen molar-refractivity contribution in [2.75, 3.05) is 5.32 Å². The molecule has 0 aliphatic rings. The van der Waals surface area contributed by atoms with E-state index in [2.05, 4.69) is 20.5 Å². The minimum Gasteiger partial charge on any atom is -0.339 e. The third-order valence-corrected chi connectivity index (χ3v) is 3.20. The number of benzene rings is 1. The number of aromatic nitrogens is 3. The number of rotatable bonds is 2. The summed E-state index contributed by atoms with van der Waals surface area (Å²) >= 11 is 1.47. The SMILES string of the molecule is Cc1cc(Nc2[nH]nc3scnc23)ccc1F. The second-order valence-corrected chi connectivity index (χ2v) is 4.53. The Morgan fingerprint density at radius 3 is 3.12 bits per heavy atom. The Hall–Kier alpha value is -1.95. The highest BCUT2D eigenvalue weighted by Gasteiger charge is 2.08. The van der Waals surface area contributed by atoms with Crippen molar-refractivity contribution in [3.05, 3.63) is 35.1 Å². The van der Waals surface area contributed by atoms with Crippen LogP contribution in [-0.4, -0.2) is 15.2 Å². The molecular formula is C11H9FN4S. The zero-order valence-electron chi connectivity index (χ0n) is 8.99. The Morgan fingerprint density at radius 1 is 1.41 bits per heavy atom. The first-order chi connectivity index (χ1) is 8.24. The lowest BCUT2D eigenvalue weighted by atomic mass is 10.2. The smallest absolute Gasteiger partial charge is 0.167 e. The Balaban J connectivity index is 1.97. The molecule has 0 atom stereocenters. The van der Waals surface area contributed by atoms with Crippen LogP contribution in [0, 0.1) is 12.7 Å². The third-order valence-electron chi connectivity index (χ3n) is 2.48. The number of hydrogen-bond donors (Lipinski definition) is 2. The van der Waals surface area contributed by atoms with Crippen molar-refractivity contribution in [3.8, 4) is 0 Å². The van der Waals surface area contributed by atoms with Crippen molar-refractivity contribution in [1.82, 2.24) is 15.2 Å². The maximum absolute atomic E-state index is 13.1. The molecule has 3 aromatic rings. The van der Waals surface area contributed by atoms with Gasteiger partial charge in [0.25, 0.3) is 0 Å². The first-order valence-corrected chi connectivity index (χ1v) is 5.93. The van der Waals surface area contributed by atoms with Gasteiger partial charge in [0.1, 0.15) is 11.3 Å². The number of aromatic amines is 1. The van der Waals surface area contributed by atoms with E-state index in [1.54, 1.807) is 24.6 Å². The number of H-pyrrole nitrogens is 1. The molecule has 3 rings (SSSR count). The minimum atomic E-state index is -0.209. The molecule has 0 saturated carbocycles. The summed E-state index contributed by atoms with van der Waals surface area (Å²) in [5.74, 6) is 0.520. The van der Waals surface area contributed by atoms with Gasteiger partial charge in [-0.1, -0.05) is 0 Å². The fraction of sp³-hybridized carbons (Fsp3) is 0.0909. The molecule has 0 amide bonds. The van der Waals surface area contributed by atoms with Gasteiger partial charge < -0.3 is 5.32 Å². The molecular weight excluding hydrogens is 239 g/mol. The van der Waals surface area contributed by atoms with E-state index in [4.69, 9.17) is 0 Å². The van der Waals surface area contributed by atoms with Gasteiger partial charge in [0.15, 0.2) is 10.6 Å². The van der Waals surface area contributed by atoms with E-state index in [1.165, 1.54) is 17.4 Å². The van der Waals surface area contributed by atoms with Crippen LogP contribution in [0.4, 0.5) is 15.9 Å². The van der Waals surface area contributed by atoms with Crippen LogP contribution in [-0.2, 0) is 0 Å². The Labute approximate surface area is 101 Å². The lowest BCUT2D eigenvalue weighted by Crippen LogP contribution is -1.93. The van der Waals surface area contributed by atoms with Gasteiger partial charge in [0.05, 0.1) is 5.51 Å². The van der Waals surface area contributed by atoms with Crippen LogP contribution in [0.15, 0.2) is 23.7 Å². The second kappa shape index (κ2) is 3.81. The molecule has 0 saturated heterocycles. The molecule has 1 aromatic carbocycles. The maximum Gasteiger partial charge on any atom is 0.167 e. The highest BCUT2D eigenvalue weighted by Crippen LogP contribution is 2.25. The van der Waals surface area contributed by atoms with Gasteiger partial charge in [0, 0.05) is 5.69 Å². The van der Waals surface area contributed by atoms with Gasteiger partial charge in [-0.15, -0.1) is 11.3 Å². The highest BCUT2D eigenvalue weighted by atomic mass is 32.1. The first-order valence-electron chi connectivity index (χ1n) is 5.05. The molecule has 17 heavy (non-hydrogen) atoms. The molecule has 0 aliphatic heterocycles. The highest BCUT2D eigenvalue weighted by molar-refractivity contribution is 7.16. The molecule has 0 radical (unpaired) electrons. The standard InChI is InChI=1S/C11H9FN4S/c1-6-4-7(2-3-8(6)12)14-10-9-11(16-15-10)17-5-13-9/h2-5H,1H3,(H2,14,15,16). The number of hydrogen-bond acceptors (Lipinski definition) is 4. The fourth-order valence-corrected chi connectivity index (χ4v) is 2.23. The Morgan fingerprint density at radius 2 is 2.29 bits per heavy atom. The summed E-state index contributed by atoms with van der Waals surface area (Å²) in [7, 11) is 0. The fourth-order valence-electron chi connectivity index (χ4n) is 1.60. The number of nitrogens with zero attached hydrogens (tertiary/aromatic N) is 2. The van der Waals surface area contributed by atoms with E-state index >= 15 is 0 Å². The number of fused-ring (bicyclic) bond motifs is 1. The van der Waals surface area contributed by atoms with Gasteiger partial charge in [-0.3, -0.25) is 5.10 Å². The summed E-state index contributed by atoms with van der Waals surface area (Å²) in [4.78, 5) is 5.06. The van der Waals surface area contributed by atoms with Gasteiger partial charge in [-0.2, -0.15) is 5.10 Å². The lowest BCUT2D eigenvalue weighted by Gasteiger charge is -2.04. The molecule has 0 fully saturated rings. The predicted octanol–water partition coefficient (Wildman–Crippen LogP) is 3.21. The second-order valence-electron chi connectivity index (χ2n) is 3.69. The first kappa shape index (κ1) is 10.2. The van der Waals surface area contributed by atoms with Gasteiger partial charge in [-0.25, -0.2) is 9.37 Å². The van der Waals surface area contributed by atoms with E-state index in [1.807, 2.05) is 0 Å². The van der Waals surface area contributed by atoms with Crippen molar-refractivity contribution >= 4 is 33.2 Å². The van der Waals surface area contributed by atoms with E-state index in [9.17, 15) is 4.39 Å². The summed E-state index contributed by atoms with van der Waals surface area (Å²) in [6.07, 6.45) is 0. The van der Waals surface area contributed by atoms with E-state index in [0.717, 1.165) is 21.9 Å². The van der Waals surface area contributed by atoms with Crippen LogP contribution < -0.4 is 5.32 Å². The molecule has 0 bridgehead atoms. The zero-order chi connectivity index (χ0) is 11.8. The van der Waals surface area contributed by atoms with Gasteiger partial charge in [0.2, 0.25) is 0 Å². The predicted molar refractivity (Wildman–Crippen MR) is 66.2 cm³/mol. The normalized spacial score (nSPS) is 10.9. The summed E-state index contributed by atoms with van der Waals surface area (Å²) < 4.78 is 13.1. The molecule has 6 heteroatoms. The van der Waals surface area contributed by atoms with Crippen LogP contribution in [0.2, 0.25) is 0 Å². The average Bonchev–Trinajstić information content (AvgIpc) is 2.88. The molecule has 0 unspecified atom stereocenters. The summed E-state index contributed by atoms with van der Waals surface area (Å²) in [6.45, 7) is 1.73. The molecule has 0 aliphatic carbocycles. The van der Waals surface area contributed by atoms with Crippen molar-refractivity contribution in [3.63, 3.8) is 0 Å². The molecule has 0 spiro atoms. The molecule has 2 heterocycles. The number of aryl methyl sites for hydroxylation is 1. The molecule has 86 valence electrons. The largest absolute Gasteiger partial charge is 0.339 e. The van der Waals surface area contributed by atoms with Crippen LogP contribution in [0.3, 0.4) is 0 Å². The van der Waals surface area contributed by atoms with Crippen LogP contribution >= 0.6 is 11.3 Å². The Kier molecular flexibility index (Phi) is 2.29. The summed E-state index contributed by atoms with van der Waals surface area (Å²) in [5.41, 5.74) is 3.95. The van der Waals surface area contributed by atoms with Crippen LogP contribution in [0.5, 0.6) is 0 Å². The minimum absolute atomic E-state index is 0.209.